The molecule has 10 nitrogen and oxygen atoms in total. The summed E-state index contributed by atoms with van der Waals surface area (Å²) in [6.45, 7) is 1.33. The fourth-order valence-corrected chi connectivity index (χ4v) is 6.57. The quantitative estimate of drug-likeness (QED) is 0.479. The van der Waals surface area contributed by atoms with Crippen LogP contribution in [0, 0.1) is 5.92 Å². The van der Waals surface area contributed by atoms with Gasteiger partial charge in [0.15, 0.2) is 28.1 Å². The molecule has 5 rings (SSSR count). The van der Waals surface area contributed by atoms with E-state index in [2.05, 4.69) is 10.3 Å². The van der Waals surface area contributed by atoms with Crippen LogP contribution in [0.1, 0.15) is 12.8 Å². The Kier molecular flexibility index (Phi) is 7.22. The van der Waals surface area contributed by atoms with Crippen LogP contribution in [0.5, 0.6) is 23.0 Å². The number of ether oxygens (including phenoxy) is 4. The zero-order valence-corrected chi connectivity index (χ0v) is 22.1. The molecule has 0 saturated carbocycles. The van der Waals surface area contributed by atoms with Gasteiger partial charge in [-0.05, 0) is 43.2 Å². The van der Waals surface area contributed by atoms with Crippen molar-refractivity contribution in [2.45, 2.75) is 17.7 Å². The van der Waals surface area contributed by atoms with Gasteiger partial charge in [-0.2, -0.15) is 4.31 Å². The summed E-state index contributed by atoms with van der Waals surface area (Å²) in [5, 5.41) is 5.23. The lowest BCUT2D eigenvalue weighted by Gasteiger charge is -2.30. The van der Waals surface area contributed by atoms with Crippen LogP contribution in [0.25, 0.3) is 11.3 Å². The predicted molar refractivity (Wildman–Crippen MR) is 138 cm³/mol. The molecule has 0 spiro atoms. The molecular formula is C25H27N3O7S2. The molecule has 1 fully saturated rings. The van der Waals surface area contributed by atoms with Gasteiger partial charge in [0.1, 0.15) is 13.2 Å². The largest absolute Gasteiger partial charge is 0.493 e. The van der Waals surface area contributed by atoms with E-state index < -0.39 is 10.0 Å². The van der Waals surface area contributed by atoms with Crippen molar-refractivity contribution in [1.82, 2.24) is 9.29 Å². The van der Waals surface area contributed by atoms with Crippen LogP contribution < -0.4 is 24.3 Å². The first-order chi connectivity index (χ1) is 17.9. The maximum Gasteiger partial charge on any atom is 0.243 e. The van der Waals surface area contributed by atoms with E-state index in [0.29, 0.717) is 59.9 Å². The standard InChI is InChI=1S/C25H27N3O7S2/c1-32-20-5-3-17(13-22(20)33-2)19-15-36-25(26-19)27-24(29)16-7-9-28(10-8-16)37(30,31)18-4-6-21-23(14-18)35-12-11-34-21/h3-6,13-16H,7-12H2,1-2H3,(H,26,27,29). The summed E-state index contributed by atoms with van der Waals surface area (Å²) >= 11 is 1.33. The third-order valence-electron chi connectivity index (χ3n) is 6.39. The smallest absolute Gasteiger partial charge is 0.243 e. The number of amides is 1. The number of aromatic nitrogens is 1. The molecule has 12 heteroatoms. The first-order valence-electron chi connectivity index (χ1n) is 11.8. The molecule has 0 unspecified atom stereocenters. The predicted octanol–water partition coefficient (Wildman–Crippen LogP) is 3.64. The van der Waals surface area contributed by atoms with Crippen molar-refractivity contribution in [1.29, 1.82) is 0 Å². The number of carbonyl (C=O) groups excluding carboxylic acids is 1. The Morgan fingerprint density at radius 1 is 1.03 bits per heavy atom. The second kappa shape index (κ2) is 10.6. The highest BCUT2D eigenvalue weighted by molar-refractivity contribution is 7.89. The number of hydrogen-bond acceptors (Lipinski definition) is 9. The summed E-state index contributed by atoms with van der Waals surface area (Å²) in [7, 11) is -0.559. The minimum Gasteiger partial charge on any atom is -0.493 e. The van der Waals surface area contributed by atoms with Crippen molar-refractivity contribution >= 4 is 32.4 Å². The van der Waals surface area contributed by atoms with Crippen molar-refractivity contribution < 1.29 is 32.2 Å². The molecule has 0 atom stereocenters. The summed E-state index contributed by atoms with van der Waals surface area (Å²) in [4.78, 5) is 17.6. The van der Waals surface area contributed by atoms with Crippen molar-refractivity contribution in [3.63, 3.8) is 0 Å². The van der Waals surface area contributed by atoms with Crippen LogP contribution in [-0.2, 0) is 14.8 Å². The third kappa shape index (κ3) is 5.22. The summed E-state index contributed by atoms with van der Waals surface area (Å²) in [5.41, 5.74) is 1.55. The lowest BCUT2D eigenvalue weighted by molar-refractivity contribution is -0.120. The first-order valence-corrected chi connectivity index (χ1v) is 14.1. The molecule has 1 amide bonds. The van der Waals surface area contributed by atoms with Gasteiger partial charge in [0.05, 0.1) is 24.8 Å². The lowest BCUT2D eigenvalue weighted by Crippen LogP contribution is -2.41. The summed E-state index contributed by atoms with van der Waals surface area (Å²) in [6.07, 6.45) is 0.840. The van der Waals surface area contributed by atoms with E-state index in [0.717, 1.165) is 5.56 Å². The van der Waals surface area contributed by atoms with Crippen molar-refractivity contribution in [2.75, 3.05) is 45.8 Å². The van der Waals surface area contributed by atoms with Gasteiger partial charge >= 0.3 is 0 Å². The molecule has 1 aromatic heterocycles. The van der Waals surface area contributed by atoms with E-state index in [-0.39, 0.29) is 29.8 Å². The average molecular weight is 546 g/mol. The normalized spacial score (nSPS) is 16.3. The maximum absolute atomic E-state index is 13.2. The Morgan fingerprint density at radius 3 is 2.49 bits per heavy atom. The Bertz CT molecular complexity index is 1400. The van der Waals surface area contributed by atoms with Gasteiger partial charge in [0.25, 0.3) is 0 Å². The number of hydrogen-bond donors (Lipinski definition) is 1. The summed E-state index contributed by atoms with van der Waals surface area (Å²) < 4.78 is 49.4. The monoisotopic (exact) mass is 545 g/mol. The molecule has 1 saturated heterocycles. The molecule has 3 heterocycles. The van der Waals surface area contributed by atoms with Crippen LogP contribution in [-0.4, -0.2) is 64.1 Å². The van der Waals surface area contributed by atoms with Gasteiger partial charge in [-0.3, -0.25) is 4.79 Å². The summed E-state index contributed by atoms with van der Waals surface area (Å²) in [6, 6.07) is 10.2. The minimum absolute atomic E-state index is 0.158. The van der Waals surface area contributed by atoms with Gasteiger partial charge in [-0.15, -0.1) is 11.3 Å². The highest BCUT2D eigenvalue weighted by Gasteiger charge is 2.33. The third-order valence-corrected chi connectivity index (χ3v) is 9.04. The molecule has 37 heavy (non-hydrogen) atoms. The minimum atomic E-state index is -3.71. The Balaban J connectivity index is 1.20. The second-order valence-corrected chi connectivity index (χ2v) is 11.4. The Labute approximate surface area is 219 Å². The molecule has 2 aliphatic heterocycles. The Morgan fingerprint density at radius 2 is 1.76 bits per heavy atom. The van der Waals surface area contributed by atoms with Crippen molar-refractivity contribution in [3.05, 3.63) is 41.8 Å². The molecule has 2 aliphatic rings. The van der Waals surface area contributed by atoms with Crippen LogP contribution in [0.2, 0.25) is 0 Å². The number of carbonyl (C=O) groups is 1. The van der Waals surface area contributed by atoms with Gasteiger partial charge in [-0.1, -0.05) is 0 Å². The molecule has 2 aromatic carbocycles. The van der Waals surface area contributed by atoms with E-state index in [1.54, 1.807) is 26.4 Å². The number of anilines is 1. The topological polar surface area (TPSA) is 116 Å². The van der Waals surface area contributed by atoms with Crippen molar-refractivity contribution in [2.24, 2.45) is 5.92 Å². The number of sulfonamides is 1. The van der Waals surface area contributed by atoms with E-state index in [1.807, 2.05) is 17.5 Å². The van der Waals surface area contributed by atoms with E-state index in [9.17, 15) is 13.2 Å². The fourth-order valence-electron chi connectivity index (χ4n) is 4.36. The first kappa shape index (κ1) is 25.3. The highest BCUT2D eigenvalue weighted by atomic mass is 32.2. The van der Waals surface area contributed by atoms with Gasteiger partial charge in [0.2, 0.25) is 15.9 Å². The fraction of sp³-hybridized carbons (Fsp3) is 0.360. The molecule has 196 valence electrons. The van der Waals surface area contributed by atoms with E-state index >= 15 is 0 Å². The number of piperidine rings is 1. The molecule has 1 N–H and O–H groups in total. The molecule has 3 aromatic rings. The molecule has 0 bridgehead atoms. The average Bonchev–Trinajstić information content (AvgIpc) is 3.40. The second-order valence-electron chi connectivity index (χ2n) is 8.58. The summed E-state index contributed by atoms with van der Waals surface area (Å²) in [5.74, 6) is 1.72. The number of thiazole rings is 1. The number of nitrogens with one attached hydrogen (secondary N) is 1. The number of benzene rings is 2. The molecule has 0 radical (unpaired) electrons. The number of rotatable bonds is 7. The zero-order valence-electron chi connectivity index (χ0n) is 20.4. The lowest BCUT2D eigenvalue weighted by atomic mass is 9.97. The molecule has 0 aliphatic carbocycles. The SMILES string of the molecule is COc1ccc(-c2csc(NC(=O)C3CCN(S(=O)(=O)c4ccc5c(c4)OCCO5)CC3)n2)cc1OC. The molecular weight excluding hydrogens is 518 g/mol. The van der Waals surface area contributed by atoms with Crippen LogP contribution in [0.4, 0.5) is 5.13 Å². The van der Waals surface area contributed by atoms with Crippen LogP contribution in [0.3, 0.4) is 0 Å². The van der Waals surface area contributed by atoms with E-state index in [4.69, 9.17) is 18.9 Å². The van der Waals surface area contributed by atoms with Crippen molar-refractivity contribution in [3.8, 4) is 34.3 Å². The number of fused-ring (bicyclic) bond motifs is 1. The number of methoxy groups -OCH3 is 2. The number of nitrogens with zero attached hydrogens (tertiary/aromatic N) is 2. The Hall–Kier alpha value is -3.35. The zero-order chi connectivity index (χ0) is 26.0. The van der Waals surface area contributed by atoms with E-state index in [1.165, 1.54) is 27.8 Å². The van der Waals surface area contributed by atoms with Gasteiger partial charge in [-0.25, -0.2) is 13.4 Å². The van der Waals surface area contributed by atoms with Crippen LogP contribution >= 0.6 is 11.3 Å². The maximum atomic E-state index is 13.2. The van der Waals surface area contributed by atoms with Crippen LogP contribution in [0.15, 0.2) is 46.7 Å². The van der Waals surface area contributed by atoms with Gasteiger partial charge in [0, 0.05) is 36.0 Å². The highest BCUT2D eigenvalue weighted by Crippen LogP contribution is 2.35. The van der Waals surface area contributed by atoms with Gasteiger partial charge < -0.3 is 24.3 Å².